The predicted molar refractivity (Wildman–Crippen MR) is 105 cm³/mol. The highest BCUT2D eigenvalue weighted by atomic mass is 127. The maximum Gasteiger partial charge on any atom is 0.191 e. The molecule has 0 bridgehead atoms. The zero-order valence-corrected chi connectivity index (χ0v) is 16.9. The third kappa shape index (κ3) is 4.66. The Hall–Kier alpha value is -1.16. The number of aliphatic imine (C=N–C) groups is 1. The van der Waals surface area contributed by atoms with Crippen LogP contribution in [0.2, 0.25) is 0 Å². The molecule has 124 valence electrons. The molecule has 1 aliphatic rings. The van der Waals surface area contributed by atoms with Crippen molar-refractivity contribution in [1.29, 1.82) is 0 Å². The molecule has 2 unspecified atom stereocenters. The third-order valence-electron chi connectivity index (χ3n) is 3.85. The summed E-state index contributed by atoms with van der Waals surface area (Å²) in [5.41, 5.74) is 1.37. The van der Waals surface area contributed by atoms with E-state index >= 15 is 0 Å². The van der Waals surface area contributed by atoms with Gasteiger partial charge in [-0.1, -0.05) is 28.1 Å². The fourth-order valence-corrected chi connectivity index (χ4v) is 2.71. The second-order valence-corrected chi connectivity index (χ2v) is 6.29. The highest BCUT2D eigenvalue weighted by molar-refractivity contribution is 14.0. The monoisotopic (exact) mass is 490 g/mol. The van der Waals surface area contributed by atoms with E-state index in [1.165, 1.54) is 5.56 Å². The van der Waals surface area contributed by atoms with Crippen LogP contribution in [0.4, 0.5) is 0 Å². The third-order valence-corrected chi connectivity index (χ3v) is 4.38. The molecule has 23 heavy (non-hydrogen) atoms. The van der Waals surface area contributed by atoms with E-state index in [-0.39, 0.29) is 24.0 Å². The molecule has 0 aliphatic heterocycles. The Bertz CT molecular complexity index is 669. The quantitative estimate of drug-likeness (QED) is 0.392. The molecule has 6 nitrogen and oxygen atoms in total. The second-order valence-electron chi connectivity index (χ2n) is 5.37. The van der Waals surface area contributed by atoms with Crippen LogP contribution in [-0.4, -0.2) is 33.8 Å². The lowest BCUT2D eigenvalue weighted by Crippen LogP contribution is -2.39. The maximum absolute atomic E-state index is 4.27. The summed E-state index contributed by atoms with van der Waals surface area (Å²) < 4.78 is 2.87. The van der Waals surface area contributed by atoms with E-state index in [2.05, 4.69) is 65.9 Å². The minimum Gasteiger partial charge on any atom is -0.353 e. The summed E-state index contributed by atoms with van der Waals surface area (Å²) >= 11 is 3.47. The molecule has 3 rings (SSSR count). The van der Waals surface area contributed by atoms with Crippen molar-refractivity contribution in [2.24, 2.45) is 12.0 Å². The van der Waals surface area contributed by atoms with Gasteiger partial charge in [-0.15, -0.1) is 24.0 Å². The van der Waals surface area contributed by atoms with Crippen molar-refractivity contribution >= 4 is 45.9 Å². The van der Waals surface area contributed by atoms with E-state index in [1.54, 1.807) is 18.1 Å². The number of rotatable bonds is 4. The molecule has 0 radical (unpaired) electrons. The van der Waals surface area contributed by atoms with E-state index in [9.17, 15) is 0 Å². The first-order valence-corrected chi connectivity index (χ1v) is 8.02. The Balaban J connectivity index is 0.00000192. The molecule has 1 aromatic carbocycles. The van der Waals surface area contributed by atoms with Crippen LogP contribution in [0.15, 0.2) is 40.1 Å². The van der Waals surface area contributed by atoms with Crippen LogP contribution in [0.1, 0.15) is 23.7 Å². The van der Waals surface area contributed by atoms with Gasteiger partial charge in [-0.25, -0.2) is 4.98 Å². The van der Waals surface area contributed by atoms with E-state index < -0.39 is 0 Å². The minimum absolute atomic E-state index is 0. The second kappa shape index (κ2) is 8.09. The molecule has 1 aromatic heterocycles. The van der Waals surface area contributed by atoms with Gasteiger partial charge in [0.05, 0.1) is 6.54 Å². The number of hydrogen-bond acceptors (Lipinski definition) is 3. The Labute approximate surface area is 161 Å². The Morgan fingerprint density at radius 3 is 2.74 bits per heavy atom. The number of guanidine groups is 1. The van der Waals surface area contributed by atoms with Gasteiger partial charge in [0.25, 0.3) is 0 Å². The first-order valence-electron chi connectivity index (χ1n) is 7.23. The molecule has 1 heterocycles. The summed E-state index contributed by atoms with van der Waals surface area (Å²) in [5.74, 6) is 2.23. The molecule has 8 heteroatoms. The van der Waals surface area contributed by atoms with Crippen LogP contribution >= 0.6 is 39.9 Å². The van der Waals surface area contributed by atoms with Crippen molar-refractivity contribution in [1.82, 2.24) is 25.4 Å². The lowest BCUT2D eigenvalue weighted by atomic mass is 10.1. The molecule has 0 spiro atoms. The van der Waals surface area contributed by atoms with E-state index in [0.29, 0.717) is 18.5 Å². The maximum atomic E-state index is 4.27. The van der Waals surface area contributed by atoms with Gasteiger partial charge in [0.15, 0.2) is 5.96 Å². The van der Waals surface area contributed by atoms with Crippen molar-refractivity contribution in [2.45, 2.75) is 24.9 Å². The largest absolute Gasteiger partial charge is 0.353 e. The molecular formula is C15H20BrIN6. The van der Waals surface area contributed by atoms with Crippen LogP contribution in [0.5, 0.6) is 0 Å². The number of benzene rings is 1. The Kier molecular flexibility index (Phi) is 6.40. The van der Waals surface area contributed by atoms with Gasteiger partial charge < -0.3 is 10.6 Å². The topological polar surface area (TPSA) is 67.1 Å². The number of nitrogens with one attached hydrogen (secondary N) is 2. The lowest BCUT2D eigenvalue weighted by molar-refractivity contribution is 0.671. The van der Waals surface area contributed by atoms with Crippen LogP contribution in [0.3, 0.4) is 0 Å². The highest BCUT2D eigenvalue weighted by Crippen LogP contribution is 2.40. The van der Waals surface area contributed by atoms with Crippen LogP contribution in [0.25, 0.3) is 0 Å². The fraction of sp³-hybridized carbons (Fsp3) is 0.400. The van der Waals surface area contributed by atoms with Crippen molar-refractivity contribution < 1.29 is 0 Å². The molecule has 0 saturated heterocycles. The Morgan fingerprint density at radius 2 is 2.13 bits per heavy atom. The van der Waals surface area contributed by atoms with Crippen molar-refractivity contribution in [3.8, 4) is 0 Å². The smallest absolute Gasteiger partial charge is 0.191 e. The molecule has 2 N–H and O–H groups in total. The number of nitrogens with zero attached hydrogens (tertiary/aromatic N) is 4. The zero-order valence-electron chi connectivity index (χ0n) is 13.0. The Morgan fingerprint density at radius 1 is 1.39 bits per heavy atom. The van der Waals surface area contributed by atoms with E-state index in [4.69, 9.17) is 0 Å². The molecule has 1 aliphatic carbocycles. The van der Waals surface area contributed by atoms with Gasteiger partial charge in [0, 0.05) is 30.5 Å². The molecule has 2 atom stereocenters. The SMILES string of the molecule is CN=C(NCc1ncnn1C)NC1CC1c1ccc(Br)cc1.I. The van der Waals surface area contributed by atoms with Gasteiger partial charge in [0.1, 0.15) is 12.2 Å². The van der Waals surface area contributed by atoms with Crippen molar-refractivity contribution in [2.75, 3.05) is 7.05 Å². The summed E-state index contributed by atoms with van der Waals surface area (Å²) in [5, 5.41) is 10.8. The standard InChI is InChI=1S/C15H19BrN6.HI/c1-17-15(18-8-14-19-9-20-22(14)2)21-13-7-12(13)10-3-5-11(16)6-4-10;/h3-6,9,12-13H,7-8H2,1-2H3,(H2,17,18,21);1H. The first kappa shape index (κ1) is 18.2. The van der Waals surface area contributed by atoms with Crippen molar-refractivity contribution in [3.63, 3.8) is 0 Å². The lowest BCUT2D eigenvalue weighted by Gasteiger charge is -2.11. The summed E-state index contributed by atoms with van der Waals surface area (Å²) in [6.45, 7) is 0.603. The number of hydrogen-bond donors (Lipinski definition) is 2. The van der Waals surface area contributed by atoms with Crippen molar-refractivity contribution in [3.05, 3.63) is 46.5 Å². The fourth-order valence-electron chi connectivity index (χ4n) is 2.45. The summed E-state index contributed by atoms with van der Waals surface area (Å²) in [4.78, 5) is 8.46. The minimum atomic E-state index is 0. The van der Waals surface area contributed by atoms with Crippen LogP contribution < -0.4 is 10.6 Å². The average molecular weight is 491 g/mol. The number of aromatic nitrogens is 3. The molecule has 0 amide bonds. The van der Waals surface area contributed by atoms with Gasteiger partial charge in [-0.2, -0.15) is 5.10 Å². The van der Waals surface area contributed by atoms with Gasteiger partial charge >= 0.3 is 0 Å². The molecule has 1 fully saturated rings. The van der Waals surface area contributed by atoms with Gasteiger partial charge in [-0.05, 0) is 24.1 Å². The first-order chi connectivity index (χ1) is 10.7. The van der Waals surface area contributed by atoms with E-state index in [0.717, 1.165) is 22.7 Å². The normalized spacial score (nSPS) is 19.9. The highest BCUT2D eigenvalue weighted by Gasteiger charge is 2.38. The molecule has 2 aromatic rings. The molecule has 1 saturated carbocycles. The average Bonchev–Trinajstić information content (AvgIpc) is 3.17. The van der Waals surface area contributed by atoms with E-state index in [1.807, 2.05) is 7.05 Å². The van der Waals surface area contributed by atoms with Crippen LogP contribution in [-0.2, 0) is 13.6 Å². The predicted octanol–water partition coefficient (Wildman–Crippen LogP) is 2.42. The summed E-state index contributed by atoms with van der Waals surface area (Å²) in [7, 11) is 3.66. The summed E-state index contributed by atoms with van der Waals surface area (Å²) in [6, 6.07) is 8.96. The number of aryl methyl sites for hydroxylation is 1. The van der Waals surface area contributed by atoms with Gasteiger partial charge in [-0.3, -0.25) is 9.67 Å². The van der Waals surface area contributed by atoms with Crippen LogP contribution in [0, 0.1) is 0 Å². The van der Waals surface area contributed by atoms with Gasteiger partial charge in [0.2, 0.25) is 0 Å². The zero-order chi connectivity index (χ0) is 15.5. The number of halogens is 2. The summed E-state index contributed by atoms with van der Waals surface area (Å²) in [6.07, 6.45) is 2.68. The molecular weight excluding hydrogens is 471 g/mol.